The van der Waals surface area contributed by atoms with Gasteiger partial charge in [-0.2, -0.15) is 0 Å². The number of methoxy groups -OCH3 is 1. The second-order valence-corrected chi connectivity index (χ2v) is 7.41. The largest absolute Gasteiger partial charge is 0.468 e. The third-order valence-corrected chi connectivity index (χ3v) is 5.42. The van der Waals surface area contributed by atoms with E-state index in [9.17, 15) is 14.4 Å². The summed E-state index contributed by atoms with van der Waals surface area (Å²) < 4.78 is 5.00. The van der Waals surface area contributed by atoms with Crippen LogP contribution in [0, 0.1) is 0 Å². The number of pyridine rings is 1. The van der Waals surface area contributed by atoms with Gasteiger partial charge < -0.3 is 14.6 Å². The number of ether oxygens (including phenoxy) is 1. The van der Waals surface area contributed by atoms with E-state index in [1.165, 1.54) is 7.11 Å². The maximum Gasteiger partial charge on any atom is 0.327 e. The summed E-state index contributed by atoms with van der Waals surface area (Å²) in [6.07, 6.45) is 0. The van der Waals surface area contributed by atoms with Gasteiger partial charge in [0.2, 0.25) is 0 Å². The van der Waals surface area contributed by atoms with E-state index < -0.39 is 6.04 Å². The molecule has 0 radical (unpaired) electrons. The Morgan fingerprint density at radius 2 is 1.77 bits per heavy atom. The van der Waals surface area contributed by atoms with Crippen molar-refractivity contribution in [1.82, 2.24) is 24.8 Å². The molecule has 1 aliphatic heterocycles. The van der Waals surface area contributed by atoms with Crippen molar-refractivity contribution in [3.8, 4) is 0 Å². The number of nitrogens with one attached hydrogen (secondary N) is 2. The number of aromatic nitrogens is 3. The number of piperazine rings is 1. The topological polar surface area (TPSA) is 111 Å². The number of fused-ring (bicyclic) bond motifs is 1. The highest BCUT2D eigenvalue weighted by molar-refractivity contribution is 6.30. The van der Waals surface area contributed by atoms with Crippen molar-refractivity contribution in [3.63, 3.8) is 0 Å². The number of nitrogens with zero attached hydrogens (tertiary/aromatic N) is 3. The Balaban J connectivity index is 1.48. The Kier molecular flexibility index (Phi) is 5.56. The number of halogens is 1. The number of benzene rings is 1. The van der Waals surface area contributed by atoms with E-state index in [2.05, 4.69) is 15.0 Å². The molecule has 156 valence electrons. The molecule has 1 amide bonds. The lowest BCUT2D eigenvalue weighted by Crippen LogP contribution is -2.51. The molecule has 0 bridgehead atoms. The van der Waals surface area contributed by atoms with Gasteiger partial charge in [-0.3, -0.25) is 14.7 Å². The van der Waals surface area contributed by atoms with Gasteiger partial charge in [-0.15, -0.1) is 0 Å². The Morgan fingerprint density at radius 3 is 2.43 bits per heavy atom. The molecular weight excluding hydrogens is 410 g/mol. The average molecular weight is 430 g/mol. The van der Waals surface area contributed by atoms with Crippen molar-refractivity contribution >= 4 is 34.6 Å². The Bertz CT molecular complexity index is 1130. The Hall–Kier alpha value is -3.17. The minimum Gasteiger partial charge on any atom is -0.468 e. The second kappa shape index (κ2) is 8.29. The standard InChI is InChI=1S/C20H20ClN5O4/c1-30-19(28)16(12-2-4-13(21)5-3-12)25-8-10-26(11-9-25)18(27)15-7-6-14-17(22-15)24-20(29)23-14/h2-7,16H,8-11H2,1H3,(H2,22,23,24,29). The Morgan fingerprint density at radius 1 is 1.07 bits per heavy atom. The highest BCUT2D eigenvalue weighted by atomic mass is 35.5. The average Bonchev–Trinajstić information content (AvgIpc) is 3.14. The van der Waals surface area contributed by atoms with Gasteiger partial charge in [0, 0.05) is 31.2 Å². The van der Waals surface area contributed by atoms with Crippen molar-refractivity contribution in [3.05, 3.63) is 63.2 Å². The summed E-state index contributed by atoms with van der Waals surface area (Å²) in [5.41, 5.74) is 1.57. The van der Waals surface area contributed by atoms with Crippen LogP contribution in [0.5, 0.6) is 0 Å². The van der Waals surface area contributed by atoms with Crippen LogP contribution in [-0.4, -0.2) is 69.9 Å². The van der Waals surface area contributed by atoms with Crippen LogP contribution in [0.4, 0.5) is 0 Å². The molecule has 1 saturated heterocycles. The van der Waals surface area contributed by atoms with Crippen molar-refractivity contribution in [1.29, 1.82) is 0 Å². The first-order valence-electron chi connectivity index (χ1n) is 9.42. The van der Waals surface area contributed by atoms with Gasteiger partial charge in [0.1, 0.15) is 11.7 Å². The van der Waals surface area contributed by atoms with Crippen molar-refractivity contribution in [2.75, 3.05) is 33.3 Å². The van der Waals surface area contributed by atoms with Crippen LogP contribution in [0.25, 0.3) is 11.2 Å². The van der Waals surface area contributed by atoms with Crippen LogP contribution in [0.15, 0.2) is 41.2 Å². The lowest BCUT2D eigenvalue weighted by atomic mass is 10.0. The molecule has 3 heterocycles. The fraction of sp³-hybridized carbons (Fsp3) is 0.300. The number of carbonyl (C=O) groups excluding carboxylic acids is 2. The molecule has 3 aromatic rings. The summed E-state index contributed by atoms with van der Waals surface area (Å²) in [4.78, 5) is 49.8. The van der Waals surface area contributed by atoms with Crippen molar-refractivity contribution < 1.29 is 14.3 Å². The fourth-order valence-electron chi connectivity index (χ4n) is 3.63. The van der Waals surface area contributed by atoms with Gasteiger partial charge in [-0.1, -0.05) is 23.7 Å². The molecule has 4 rings (SSSR count). The number of aromatic amines is 2. The molecule has 1 fully saturated rings. The quantitative estimate of drug-likeness (QED) is 0.609. The second-order valence-electron chi connectivity index (χ2n) is 6.98. The minimum atomic E-state index is -0.566. The van der Waals surface area contributed by atoms with E-state index in [4.69, 9.17) is 16.3 Å². The highest BCUT2D eigenvalue weighted by Gasteiger charge is 2.32. The maximum absolute atomic E-state index is 12.9. The lowest BCUT2D eigenvalue weighted by molar-refractivity contribution is -0.148. The number of imidazole rings is 1. The van der Waals surface area contributed by atoms with Crippen LogP contribution in [0.2, 0.25) is 5.02 Å². The van der Waals surface area contributed by atoms with E-state index in [-0.39, 0.29) is 23.3 Å². The van der Waals surface area contributed by atoms with E-state index in [1.54, 1.807) is 41.3 Å². The molecule has 2 aromatic heterocycles. The summed E-state index contributed by atoms with van der Waals surface area (Å²) >= 11 is 5.96. The molecule has 0 spiro atoms. The third kappa shape index (κ3) is 3.94. The highest BCUT2D eigenvalue weighted by Crippen LogP contribution is 2.25. The zero-order chi connectivity index (χ0) is 21.3. The molecule has 0 aliphatic carbocycles. The summed E-state index contributed by atoms with van der Waals surface area (Å²) in [6, 6.07) is 9.75. The summed E-state index contributed by atoms with van der Waals surface area (Å²) in [6.45, 7) is 1.86. The zero-order valence-corrected chi connectivity index (χ0v) is 17.0. The van der Waals surface area contributed by atoms with E-state index >= 15 is 0 Å². The van der Waals surface area contributed by atoms with Gasteiger partial charge in [0.15, 0.2) is 5.65 Å². The van der Waals surface area contributed by atoms with Gasteiger partial charge >= 0.3 is 11.7 Å². The number of hydrogen-bond acceptors (Lipinski definition) is 6. The van der Waals surface area contributed by atoms with Gasteiger partial charge in [0.05, 0.1) is 12.6 Å². The van der Waals surface area contributed by atoms with Gasteiger partial charge in [-0.05, 0) is 29.8 Å². The van der Waals surface area contributed by atoms with Crippen molar-refractivity contribution in [2.24, 2.45) is 0 Å². The zero-order valence-electron chi connectivity index (χ0n) is 16.2. The van der Waals surface area contributed by atoms with Gasteiger partial charge in [-0.25, -0.2) is 14.6 Å². The van der Waals surface area contributed by atoms with Crippen LogP contribution in [0.1, 0.15) is 22.1 Å². The SMILES string of the molecule is COC(=O)C(c1ccc(Cl)cc1)N1CCN(C(=O)c2ccc3[nH]c(=O)[nH]c3n2)CC1. The van der Waals surface area contributed by atoms with Crippen LogP contribution >= 0.6 is 11.6 Å². The number of amides is 1. The fourth-order valence-corrected chi connectivity index (χ4v) is 3.76. The van der Waals surface area contributed by atoms with Crippen molar-refractivity contribution in [2.45, 2.75) is 6.04 Å². The molecule has 9 nitrogen and oxygen atoms in total. The molecule has 1 aliphatic rings. The first-order chi connectivity index (χ1) is 14.5. The number of hydrogen-bond donors (Lipinski definition) is 2. The molecule has 1 unspecified atom stereocenters. The summed E-state index contributed by atoms with van der Waals surface area (Å²) in [5, 5.41) is 0.589. The van der Waals surface area contributed by atoms with E-state index in [1.807, 2.05) is 4.90 Å². The minimum absolute atomic E-state index is 0.222. The van der Waals surface area contributed by atoms with E-state index in [0.717, 1.165) is 5.56 Å². The third-order valence-electron chi connectivity index (χ3n) is 5.17. The first-order valence-corrected chi connectivity index (χ1v) is 9.80. The number of rotatable bonds is 4. The smallest absolute Gasteiger partial charge is 0.327 e. The summed E-state index contributed by atoms with van der Waals surface area (Å²) in [7, 11) is 1.36. The monoisotopic (exact) mass is 429 g/mol. The van der Waals surface area contributed by atoms with E-state index in [0.29, 0.717) is 42.4 Å². The molecule has 10 heteroatoms. The molecular formula is C20H20ClN5O4. The number of esters is 1. The lowest BCUT2D eigenvalue weighted by Gasteiger charge is -2.38. The first kappa shape index (κ1) is 20.1. The number of H-pyrrole nitrogens is 2. The Labute approximate surface area is 176 Å². The predicted molar refractivity (Wildman–Crippen MR) is 110 cm³/mol. The molecule has 0 saturated carbocycles. The molecule has 1 aromatic carbocycles. The molecule has 1 atom stereocenters. The maximum atomic E-state index is 12.9. The predicted octanol–water partition coefficient (Wildman–Crippen LogP) is 1.58. The summed E-state index contributed by atoms with van der Waals surface area (Å²) in [5.74, 6) is -0.583. The molecule has 2 N–H and O–H groups in total. The van der Waals surface area contributed by atoms with Crippen LogP contribution < -0.4 is 5.69 Å². The molecule has 30 heavy (non-hydrogen) atoms. The normalized spacial score (nSPS) is 15.9. The number of carbonyl (C=O) groups is 2. The van der Waals surface area contributed by atoms with Crippen LogP contribution in [-0.2, 0) is 9.53 Å². The van der Waals surface area contributed by atoms with Crippen LogP contribution in [0.3, 0.4) is 0 Å². The van der Waals surface area contributed by atoms with Gasteiger partial charge in [0.25, 0.3) is 5.91 Å².